The fourth-order valence-corrected chi connectivity index (χ4v) is 10.3. The first-order valence-electron chi connectivity index (χ1n) is 7.51. The summed E-state index contributed by atoms with van der Waals surface area (Å²) in [6, 6.07) is 1.23. The fraction of sp³-hybridized carbons (Fsp3) is 0.812. The minimum Gasteiger partial charge on any atom is -0.460 e. The maximum Gasteiger partial charge on any atom is 0.330 e. The van der Waals surface area contributed by atoms with E-state index in [0.29, 0.717) is 0 Å². The summed E-state index contributed by atoms with van der Waals surface area (Å²) in [5.74, 6) is -0.307. The Morgan fingerprint density at radius 3 is 1.79 bits per heavy atom. The molecule has 0 saturated heterocycles. The van der Waals surface area contributed by atoms with E-state index in [2.05, 4.69) is 48.1 Å². The van der Waals surface area contributed by atoms with Crippen LogP contribution in [0.5, 0.6) is 0 Å². The molecule has 19 heavy (non-hydrogen) atoms. The second-order valence-electron chi connectivity index (χ2n) is 6.57. The smallest absolute Gasteiger partial charge is 0.330 e. The number of esters is 1. The Labute approximate surface area is 120 Å². The van der Waals surface area contributed by atoms with Crippen molar-refractivity contribution in [2.45, 2.75) is 83.7 Å². The minimum atomic E-state index is -1.37. The first-order valence-corrected chi connectivity index (χ1v) is 9.95. The summed E-state index contributed by atoms with van der Waals surface area (Å²) in [5.41, 5.74) is 2.28. The third kappa shape index (κ3) is 4.79. The zero-order valence-corrected chi connectivity index (χ0v) is 14.8. The molecule has 0 rings (SSSR count). The van der Waals surface area contributed by atoms with Crippen LogP contribution in [-0.2, 0) is 9.53 Å². The molecule has 0 aromatic rings. The predicted octanol–water partition coefficient (Wildman–Crippen LogP) is 5.17. The van der Waals surface area contributed by atoms with Gasteiger partial charge in [0, 0.05) is 6.08 Å². The van der Waals surface area contributed by atoms with Crippen LogP contribution in [0.3, 0.4) is 0 Å². The van der Waals surface area contributed by atoms with Crippen molar-refractivity contribution < 1.29 is 9.53 Å². The summed E-state index contributed by atoms with van der Waals surface area (Å²) >= 11 is 0. The minimum absolute atomic E-state index is 0.00590. The molecule has 0 radical (unpaired) electrons. The van der Waals surface area contributed by atoms with Gasteiger partial charge in [0.1, 0.15) is 0 Å². The third-order valence-corrected chi connectivity index (χ3v) is 12.3. The summed E-state index contributed by atoms with van der Waals surface area (Å²) in [5, 5.41) is 0. The topological polar surface area (TPSA) is 26.3 Å². The normalized spacial score (nSPS) is 14.0. The van der Waals surface area contributed by atoms with E-state index in [-0.39, 0.29) is 12.1 Å². The monoisotopic (exact) mass is 284 g/mol. The Hall–Kier alpha value is -0.573. The molecule has 0 fully saturated rings. The first kappa shape index (κ1) is 18.4. The van der Waals surface area contributed by atoms with E-state index < -0.39 is 8.07 Å². The molecular formula is C16H32O2Si. The first-order chi connectivity index (χ1) is 8.68. The average molecular weight is 285 g/mol. The molecule has 0 spiro atoms. The summed E-state index contributed by atoms with van der Waals surface area (Å²) in [6.45, 7) is 19.6. The molecule has 0 aliphatic heterocycles. The number of ether oxygens (including phenoxy) is 1. The number of carbonyl (C=O) groups is 1. The van der Waals surface area contributed by atoms with Crippen molar-refractivity contribution in [1.82, 2.24) is 0 Å². The van der Waals surface area contributed by atoms with Gasteiger partial charge >= 0.3 is 5.97 Å². The van der Waals surface area contributed by atoms with Gasteiger partial charge in [0.15, 0.2) is 0 Å². The summed E-state index contributed by atoms with van der Waals surface area (Å²) in [6.07, 6.45) is 2.21. The molecule has 3 heteroatoms. The highest BCUT2D eigenvalue weighted by Gasteiger charge is 2.42. The molecule has 0 aromatic heterocycles. The number of hydrogen-bond donors (Lipinski definition) is 0. The van der Waals surface area contributed by atoms with Crippen molar-refractivity contribution in [3.63, 3.8) is 0 Å². The van der Waals surface area contributed by atoms with Gasteiger partial charge in [-0.05, 0) is 13.3 Å². The van der Waals surface area contributed by atoms with Gasteiger partial charge in [-0.1, -0.05) is 70.8 Å². The van der Waals surface area contributed by atoms with Crippen LogP contribution >= 0.6 is 0 Å². The molecule has 0 aromatic carbocycles. The van der Waals surface area contributed by atoms with E-state index in [9.17, 15) is 4.79 Å². The van der Waals surface area contributed by atoms with E-state index in [1.165, 1.54) is 12.1 Å². The highest BCUT2D eigenvalue weighted by atomic mass is 28.3. The second-order valence-corrected chi connectivity index (χ2v) is 12.8. The Balaban J connectivity index is 4.76. The lowest BCUT2D eigenvalue weighted by Gasteiger charge is -2.44. The van der Waals surface area contributed by atoms with E-state index in [4.69, 9.17) is 4.74 Å². The van der Waals surface area contributed by atoms with E-state index in [1.54, 1.807) is 0 Å². The zero-order chi connectivity index (χ0) is 15.2. The van der Waals surface area contributed by atoms with Gasteiger partial charge in [-0.2, -0.15) is 0 Å². The van der Waals surface area contributed by atoms with Crippen molar-refractivity contribution in [1.29, 1.82) is 0 Å². The summed E-state index contributed by atoms with van der Waals surface area (Å²) in [4.78, 5) is 11.2. The van der Waals surface area contributed by atoms with Crippen LogP contribution in [0.1, 0.15) is 54.9 Å². The van der Waals surface area contributed by atoms with E-state index >= 15 is 0 Å². The van der Waals surface area contributed by atoms with Gasteiger partial charge in [-0.15, -0.1) is 0 Å². The lowest BCUT2D eigenvalue weighted by molar-refractivity contribution is -0.142. The van der Waals surface area contributed by atoms with Gasteiger partial charge in [0.25, 0.3) is 0 Å². The summed E-state index contributed by atoms with van der Waals surface area (Å²) in [7, 11) is -1.37. The van der Waals surface area contributed by atoms with Crippen LogP contribution < -0.4 is 0 Å². The van der Waals surface area contributed by atoms with Crippen molar-refractivity contribution in [2.24, 2.45) is 0 Å². The van der Waals surface area contributed by atoms with Crippen LogP contribution in [0.4, 0.5) is 0 Å². The number of rotatable bonds is 8. The van der Waals surface area contributed by atoms with E-state index in [1.807, 2.05) is 6.92 Å². The average Bonchev–Trinajstić information content (AvgIpc) is 2.27. The van der Waals surface area contributed by atoms with Crippen LogP contribution in [0.15, 0.2) is 12.7 Å². The highest BCUT2D eigenvalue weighted by molar-refractivity contribution is 6.83. The van der Waals surface area contributed by atoms with Crippen LogP contribution in [0, 0.1) is 0 Å². The van der Waals surface area contributed by atoms with Gasteiger partial charge in [-0.25, -0.2) is 4.79 Å². The third-order valence-electron chi connectivity index (χ3n) is 4.69. The Morgan fingerprint density at radius 2 is 1.47 bits per heavy atom. The Bertz CT molecular complexity index is 273. The van der Waals surface area contributed by atoms with Crippen molar-refractivity contribution >= 4 is 14.0 Å². The summed E-state index contributed by atoms with van der Waals surface area (Å²) < 4.78 is 5.30. The zero-order valence-electron chi connectivity index (χ0n) is 13.8. The van der Waals surface area contributed by atoms with Gasteiger partial charge < -0.3 is 4.74 Å². The lowest BCUT2D eigenvalue weighted by atomic mass is 10.3. The number of carbonyl (C=O) groups excluding carboxylic acids is 1. The molecule has 0 amide bonds. The molecule has 1 unspecified atom stereocenters. The molecule has 2 nitrogen and oxygen atoms in total. The molecule has 0 aliphatic carbocycles. The Morgan fingerprint density at radius 1 is 1.05 bits per heavy atom. The highest BCUT2D eigenvalue weighted by Crippen LogP contribution is 2.45. The second kappa shape index (κ2) is 7.88. The van der Waals surface area contributed by atoms with Gasteiger partial charge in [-0.3, -0.25) is 0 Å². The maximum atomic E-state index is 11.2. The van der Waals surface area contributed by atoms with E-state index in [0.717, 1.165) is 23.0 Å². The van der Waals surface area contributed by atoms with Crippen molar-refractivity contribution in [3.05, 3.63) is 12.7 Å². The van der Waals surface area contributed by atoms with Gasteiger partial charge in [0.05, 0.1) is 14.2 Å². The van der Waals surface area contributed by atoms with Crippen molar-refractivity contribution in [2.75, 3.05) is 0 Å². The standard InChI is InChI=1S/C16H32O2Si/c1-9-16(17)18-15(8)10-11-19(12(2)3,13(4)5)14(6)7/h9,12-15H,1,10-11H2,2-8H3. The van der Waals surface area contributed by atoms with Crippen molar-refractivity contribution in [3.8, 4) is 0 Å². The molecule has 0 aliphatic rings. The SMILES string of the molecule is C=CC(=O)OC(C)CC[Si](C(C)C)(C(C)C)C(C)C. The fourth-order valence-electron chi connectivity index (χ4n) is 3.62. The maximum absolute atomic E-state index is 11.2. The predicted molar refractivity (Wildman–Crippen MR) is 86.2 cm³/mol. The molecule has 1 atom stereocenters. The largest absolute Gasteiger partial charge is 0.460 e. The lowest BCUT2D eigenvalue weighted by Crippen LogP contribution is -2.44. The van der Waals surface area contributed by atoms with Crippen LogP contribution in [0.2, 0.25) is 22.7 Å². The molecule has 0 bridgehead atoms. The Kier molecular flexibility index (Phi) is 7.64. The molecule has 0 N–H and O–H groups in total. The molecule has 0 heterocycles. The van der Waals surface area contributed by atoms with Crippen LogP contribution in [-0.4, -0.2) is 20.1 Å². The van der Waals surface area contributed by atoms with Crippen LogP contribution in [0.25, 0.3) is 0 Å². The quantitative estimate of drug-likeness (QED) is 0.349. The molecule has 0 saturated carbocycles. The molecule has 112 valence electrons. The number of hydrogen-bond acceptors (Lipinski definition) is 2. The van der Waals surface area contributed by atoms with Gasteiger partial charge in [0.2, 0.25) is 0 Å². The molecular weight excluding hydrogens is 252 g/mol.